The Morgan fingerprint density at radius 1 is 1.26 bits per heavy atom. The molecule has 1 fully saturated rings. The first-order chi connectivity index (χ1) is 11.0. The summed E-state index contributed by atoms with van der Waals surface area (Å²) in [7, 11) is 1.30. The average molecular weight is 339 g/mol. The quantitative estimate of drug-likeness (QED) is 0.809. The summed E-state index contributed by atoms with van der Waals surface area (Å²) in [5, 5.41) is 6.38. The molecule has 1 amide bonds. The van der Waals surface area contributed by atoms with Crippen LogP contribution in [0.5, 0.6) is 0 Å². The fourth-order valence-electron chi connectivity index (χ4n) is 2.77. The lowest BCUT2D eigenvalue weighted by Crippen LogP contribution is -2.40. The summed E-state index contributed by atoms with van der Waals surface area (Å²) in [6.07, 6.45) is 4.41. The van der Waals surface area contributed by atoms with E-state index in [0.717, 1.165) is 31.6 Å². The van der Waals surface area contributed by atoms with Crippen LogP contribution in [-0.2, 0) is 9.53 Å². The van der Waals surface area contributed by atoms with Gasteiger partial charge < -0.3 is 15.4 Å². The third kappa shape index (κ3) is 5.13. The smallest absolute Gasteiger partial charge is 0.339 e. The number of nitrogens with one attached hydrogen (secondary N) is 2. The Balaban J connectivity index is 1.85. The van der Waals surface area contributed by atoms with E-state index in [0.29, 0.717) is 10.7 Å². The number of methoxy groups -OCH3 is 1. The Morgan fingerprint density at radius 2 is 1.96 bits per heavy atom. The van der Waals surface area contributed by atoms with Gasteiger partial charge in [-0.05, 0) is 49.8 Å². The maximum atomic E-state index is 12.0. The predicted molar refractivity (Wildman–Crippen MR) is 90.8 cm³/mol. The summed E-state index contributed by atoms with van der Waals surface area (Å²) in [4.78, 5) is 23.6. The third-order valence-corrected chi connectivity index (χ3v) is 4.54. The van der Waals surface area contributed by atoms with Gasteiger partial charge in [-0.3, -0.25) is 4.79 Å². The number of rotatable bonds is 5. The summed E-state index contributed by atoms with van der Waals surface area (Å²) in [5.41, 5.74) is 0.933. The van der Waals surface area contributed by atoms with Gasteiger partial charge in [0.2, 0.25) is 5.91 Å². The summed E-state index contributed by atoms with van der Waals surface area (Å²) >= 11 is 5.97. The number of esters is 1. The SMILES string of the molecule is COC(=O)c1cc(NCC(=O)NC2CCC(C)CC2)ccc1Cl. The van der Waals surface area contributed by atoms with Crippen LogP contribution in [-0.4, -0.2) is 31.6 Å². The highest BCUT2D eigenvalue weighted by Gasteiger charge is 2.19. The fourth-order valence-corrected chi connectivity index (χ4v) is 2.96. The molecular weight excluding hydrogens is 316 g/mol. The number of carbonyl (C=O) groups excluding carboxylic acids is 2. The number of halogens is 1. The van der Waals surface area contributed by atoms with Crippen molar-refractivity contribution in [2.45, 2.75) is 38.6 Å². The molecule has 0 atom stereocenters. The monoisotopic (exact) mass is 338 g/mol. The van der Waals surface area contributed by atoms with Gasteiger partial charge in [0.15, 0.2) is 0 Å². The standard InChI is InChI=1S/C17H23ClN2O3/c1-11-3-5-12(6-4-11)20-16(21)10-19-13-7-8-15(18)14(9-13)17(22)23-2/h7-9,11-12,19H,3-6,10H2,1-2H3,(H,20,21). The van der Waals surface area contributed by atoms with Crippen LogP contribution in [0.2, 0.25) is 5.02 Å². The van der Waals surface area contributed by atoms with Crippen LogP contribution in [0.25, 0.3) is 0 Å². The number of anilines is 1. The molecule has 5 nitrogen and oxygen atoms in total. The Kier molecular flexibility index (Phi) is 6.28. The van der Waals surface area contributed by atoms with Gasteiger partial charge in [-0.25, -0.2) is 4.79 Å². The van der Waals surface area contributed by atoms with Crippen LogP contribution in [0.4, 0.5) is 5.69 Å². The van der Waals surface area contributed by atoms with Gasteiger partial charge in [0, 0.05) is 11.7 Å². The average Bonchev–Trinajstić information content (AvgIpc) is 2.55. The van der Waals surface area contributed by atoms with Gasteiger partial charge in [-0.15, -0.1) is 0 Å². The van der Waals surface area contributed by atoms with E-state index in [9.17, 15) is 9.59 Å². The van der Waals surface area contributed by atoms with Gasteiger partial charge >= 0.3 is 5.97 Å². The van der Waals surface area contributed by atoms with Gasteiger partial charge in [0.1, 0.15) is 0 Å². The topological polar surface area (TPSA) is 67.4 Å². The van der Waals surface area contributed by atoms with E-state index in [-0.39, 0.29) is 24.1 Å². The van der Waals surface area contributed by atoms with Gasteiger partial charge in [-0.2, -0.15) is 0 Å². The Hall–Kier alpha value is -1.75. The number of ether oxygens (including phenoxy) is 1. The third-order valence-electron chi connectivity index (χ3n) is 4.21. The van der Waals surface area contributed by atoms with Crippen molar-refractivity contribution < 1.29 is 14.3 Å². The van der Waals surface area contributed by atoms with E-state index in [1.54, 1.807) is 18.2 Å². The highest BCUT2D eigenvalue weighted by Crippen LogP contribution is 2.23. The van der Waals surface area contributed by atoms with E-state index in [4.69, 9.17) is 11.6 Å². The van der Waals surface area contributed by atoms with Crippen molar-refractivity contribution in [2.24, 2.45) is 5.92 Å². The summed E-state index contributed by atoms with van der Waals surface area (Å²) in [6.45, 7) is 2.41. The second-order valence-corrected chi connectivity index (χ2v) is 6.47. The van der Waals surface area contributed by atoms with Crippen molar-refractivity contribution in [3.63, 3.8) is 0 Å². The molecule has 1 aromatic rings. The zero-order valence-electron chi connectivity index (χ0n) is 13.5. The zero-order valence-corrected chi connectivity index (χ0v) is 14.3. The minimum Gasteiger partial charge on any atom is -0.465 e. The molecule has 1 aliphatic rings. The number of benzene rings is 1. The molecular formula is C17H23ClN2O3. The van der Waals surface area contributed by atoms with E-state index in [1.165, 1.54) is 7.11 Å². The van der Waals surface area contributed by atoms with Crippen LogP contribution < -0.4 is 10.6 Å². The zero-order chi connectivity index (χ0) is 16.8. The van der Waals surface area contributed by atoms with E-state index in [2.05, 4.69) is 22.3 Å². The molecule has 0 aliphatic heterocycles. The second kappa shape index (κ2) is 8.20. The highest BCUT2D eigenvalue weighted by atomic mass is 35.5. The maximum absolute atomic E-state index is 12.0. The van der Waals surface area contributed by atoms with E-state index in [1.807, 2.05) is 0 Å². The van der Waals surface area contributed by atoms with Crippen LogP contribution in [0, 0.1) is 5.92 Å². The number of carbonyl (C=O) groups is 2. The molecule has 0 aromatic heterocycles. The number of hydrogen-bond donors (Lipinski definition) is 2. The highest BCUT2D eigenvalue weighted by molar-refractivity contribution is 6.33. The van der Waals surface area contributed by atoms with Crippen LogP contribution >= 0.6 is 11.6 Å². The minimum atomic E-state index is -0.501. The lowest BCUT2D eigenvalue weighted by molar-refractivity contribution is -0.120. The Labute approximate surface area is 141 Å². The summed E-state index contributed by atoms with van der Waals surface area (Å²) < 4.78 is 4.68. The van der Waals surface area contributed by atoms with E-state index >= 15 is 0 Å². The molecule has 126 valence electrons. The molecule has 0 heterocycles. The molecule has 1 aromatic carbocycles. The molecule has 2 rings (SSSR count). The second-order valence-electron chi connectivity index (χ2n) is 6.06. The lowest BCUT2D eigenvalue weighted by atomic mass is 9.87. The minimum absolute atomic E-state index is 0.0425. The van der Waals surface area contributed by atoms with E-state index < -0.39 is 5.97 Å². The Bertz CT molecular complexity index is 569. The fraction of sp³-hybridized carbons (Fsp3) is 0.529. The molecule has 6 heteroatoms. The van der Waals surface area contributed by atoms with Gasteiger partial charge in [-0.1, -0.05) is 18.5 Å². The number of hydrogen-bond acceptors (Lipinski definition) is 4. The predicted octanol–water partition coefficient (Wildman–Crippen LogP) is 3.23. The van der Waals surface area contributed by atoms with Crippen molar-refractivity contribution >= 4 is 29.2 Å². The van der Waals surface area contributed by atoms with Crippen molar-refractivity contribution in [3.05, 3.63) is 28.8 Å². The van der Waals surface area contributed by atoms with Crippen molar-refractivity contribution in [2.75, 3.05) is 19.0 Å². The van der Waals surface area contributed by atoms with Crippen LogP contribution in [0.3, 0.4) is 0 Å². The lowest BCUT2D eigenvalue weighted by Gasteiger charge is -2.27. The van der Waals surface area contributed by atoms with Crippen molar-refractivity contribution in [1.29, 1.82) is 0 Å². The molecule has 0 saturated heterocycles. The Morgan fingerprint density at radius 3 is 2.61 bits per heavy atom. The molecule has 2 N–H and O–H groups in total. The maximum Gasteiger partial charge on any atom is 0.339 e. The molecule has 1 saturated carbocycles. The summed E-state index contributed by atoms with van der Waals surface area (Å²) in [5.74, 6) is 0.214. The van der Waals surface area contributed by atoms with Crippen LogP contribution in [0.15, 0.2) is 18.2 Å². The van der Waals surface area contributed by atoms with Crippen LogP contribution in [0.1, 0.15) is 43.0 Å². The summed E-state index contributed by atoms with van der Waals surface area (Å²) in [6, 6.07) is 5.20. The number of amides is 1. The van der Waals surface area contributed by atoms with Crippen molar-refractivity contribution in [3.8, 4) is 0 Å². The first-order valence-electron chi connectivity index (χ1n) is 7.90. The molecule has 0 bridgehead atoms. The van der Waals surface area contributed by atoms with Crippen molar-refractivity contribution in [1.82, 2.24) is 5.32 Å². The normalized spacial score (nSPS) is 20.7. The molecule has 1 aliphatic carbocycles. The van der Waals surface area contributed by atoms with Gasteiger partial charge in [0.25, 0.3) is 0 Å². The molecule has 23 heavy (non-hydrogen) atoms. The van der Waals surface area contributed by atoms with Gasteiger partial charge in [0.05, 0.1) is 24.2 Å². The molecule has 0 unspecified atom stereocenters. The molecule has 0 spiro atoms. The first kappa shape index (κ1) is 17.6. The molecule has 0 radical (unpaired) electrons. The largest absolute Gasteiger partial charge is 0.465 e. The first-order valence-corrected chi connectivity index (χ1v) is 8.28.